The second-order valence-corrected chi connectivity index (χ2v) is 6.24. The summed E-state index contributed by atoms with van der Waals surface area (Å²) in [7, 11) is 5.88. The Morgan fingerprint density at radius 2 is 2.08 bits per heavy atom. The van der Waals surface area contributed by atoms with Crippen molar-refractivity contribution >= 4 is 5.96 Å². The fourth-order valence-electron chi connectivity index (χ4n) is 2.83. The minimum atomic E-state index is 0.667. The number of aliphatic imine (C=N–C) groups is 1. The first-order valence-corrected chi connectivity index (χ1v) is 8.55. The van der Waals surface area contributed by atoms with E-state index < -0.39 is 0 Å². The number of imidazole rings is 1. The quantitative estimate of drug-likeness (QED) is 0.565. The van der Waals surface area contributed by atoms with E-state index in [2.05, 4.69) is 61.2 Å². The highest BCUT2D eigenvalue weighted by Crippen LogP contribution is 2.09. The summed E-state index contributed by atoms with van der Waals surface area (Å²) >= 11 is 0. The molecule has 0 unspecified atom stereocenters. The Balaban J connectivity index is 1.60. The third kappa shape index (κ3) is 3.93. The molecule has 1 N–H and O–H groups in total. The summed E-state index contributed by atoms with van der Waals surface area (Å²) in [4.78, 5) is 15.2. The normalized spacial score (nSPS) is 11.6. The van der Waals surface area contributed by atoms with Gasteiger partial charge >= 0.3 is 0 Å². The lowest BCUT2D eigenvalue weighted by Crippen LogP contribution is -2.38. The van der Waals surface area contributed by atoms with Crippen molar-refractivity contribution in [3.63, 3.8) is 0 Å². The minimum absolute atomic E-state index is 0.667. The van der Waals surface area contributed by atoms with Gasteiger partial charge in [0, 0.05) is 58.2 Å². The van der Waals surface area contributed by atoms with Crippen LogP contribution in [-0.4, -0.2) is 44.1 Å². The van der Waals surface area contributed by atoms with Crippen molar-refractivity contribution in [2.75, 3.05) is 14.1 Å². The molecule has 0 spiro atoms. The van der Waals surface area contributed by atoms with Crippen molar-refractivity contribution in [1.29, 1.82) is 0 Å². The number of aromatic nitrogens is 4. The van der Waals surface area contributed by atoms with Gasteiger partial charge in [-0.1, -0.05) is 6.07 Å². The lowest BCUT2D eigenvalue weighted by molar-refractivity contribution is 0.461. The SMILES string of the molecule is CN=C(NCc1ccc(-n2ccnc2C)nc1)N(C)Cc1cccn1C. The summed E-state index contributed by atoms with van der Waals surface area (Å²) < 4.78 is 4.08. The monoisotopic (exact) mass is 351 g/mol. The van der Waals surface area contributed by atoms with Crippen molar-refractivity contribution < 1.29 is 0 Å². The number of nitrogens with zero attached hydrogens (tertiary/aromatic N) is 6. The molecule has 0 aliphatic carbocycles. The molecule has 0 aliphatic heterocycles. The largest absolute Gasteiger partial charge is 0.353 e. The standard InChI is InChI=1S/C19H25N7/c1-15-21-9-11-26(15)18-8-7-16(12-22-18)13-23-19(20-2)25(4)14-17-6-5-10-24(17)3/h5-12H,13-14H2,1-4H3,(H,20,23). The van der Waals surface area contributed by atoms with Crippen LogP contribution in [0.2, 0.25) is 0 Å². The first-order chi connectivity index (χ1) is 12.6. The average molecular weight is 351 g/mol. The van der Waals surface area contributed by atoms with Crippen LogP contribution in [0.25, 0.3) is 5.82 Å². The molecule has 0 fully saturated rings. The Kier molecular flexibility index (Phi) is 5.36. The van der Waals surface area contributed by atoms with E-state index in [1.807, 2.05) is 37.0 Å². The fraction of sp³-hybridized carbons (Fsp3) is 0.316. The molecule has 0 amide bonds. The maximum absolute atomic E-state index is 4.53. The summed E-state index contributed by atoms with van der Waals surface area (Å²) in [5.74, 6) is 2.64. The molecule has 0 atom stereocenters. The number of aryl methyl sites for hydroxylation is 2. The topological polar surface area (TPSA) is 63.3 Å². The highest BCUT2D eigenvalue weighted by Gasteiger charge is 2.09. The molecule has 3 aromatic heterocycles. The van der Waals surface area contributed by atoms with Gasteiger partial charge in [0.2, 0.25) is 0 Å². The molecule has 7 nitrogen and oxygen atoms in total. The van der Waals surface area contributed by atoms with Crippen LogP contribution >= 0.6 is 0 Å². The predicted molar refractivity (Wildman–Crippen MR) is 103 cm³/mol. The molecule has 0 bridgehead atoms. The van der Waals surface area contributed by atoms with Crippen molar-refractivity contribution in [2.45, 2.75) is 20.0 Å². The highest BCUT2D eigenvalue weighted by atomic mass is 15.3. The lowest BCUT2D eigenvalue weighted by atomic mass is 10.3. The molecule has 3 heterocycles. The Hall–Kier alpha value is -3.09. The molecule has 7 heteroatoms. The predicted octanol–water partition coefficient (Wildman–Crippen LogP) is 2.12. The van der Waals surface area contributed by atoms with Gasteiger partial charge in [0.05, 0.1) is 6.54 Å². The molecule has 3 rings (SSSR count). The van der Waals surface area contributed by atoms with Gasteiger partial charge in [-0.15, -0.1) is 0 Å². The van der Waals surface area contributed by atoms with Crippen LogP contribution in [-0.2, 0) is 20.1 Å². The maximum atomic E-state index is 4.53. The van der Waals surface area contributed by atoms with Crippen LogP contribution in [0.4, 0.5) is 0 Å². The summed E-state index contributed by atoms with van der Waals surface area (Å²) in [5.41, 5.74) is 2.33. The zero-order valence-corrected chi connectivity index (χ0v) is 15.7. The van der Waals surface area contributed by atoms with Crippen LogP contribution in [0.1, 0.15) is 17.1 Å². The molecule has 26 heavy (non-hydrogen) atoms. The number of pyridine rings is 1. The van der Waals surface area contributed by atoms with Crippen molar-refractivity contribution in [2.24, 2.45) is 12.0 Å². The minimum Gasteiger partial charge on any atom is -0.353 e. The van der Waals surface area contributed by atoms with Crippen LogP contribution in [0.15, 0.2) is 54.0 Å². The Labute approximate surface area is 154 Å². The first kappa shape index (κ1) is 17.7. The van der Waals surface area contributed by atoms with E-state index in [1.165, 1.54) is 5.69 Å². The fourth-order valence-corrected chi connectivity index (χ4v) is 2.83. The van der Waals surface area contributed by atoms with Gasteiger partial charge in [0.1, 0.15) is 11.6 Å². The number of hydrogen-bond acceptors (Lipinski definition) is 3. The maximum Gasteiger partial charge on any atom is 0.194 e. The summed E-state index contributed by atoms with van der Waals surface area (Å²) in [6.07, 6.45) is 7.62. The van der Waals surface area contributed by atoms with Crippen LogP contribution in [0.3, 0.4) is 0 Å². The highest BCUT2D eigenvalue weighted by molar-refractivity contribution is 5.79. The average Bonchev–Trinajstić information content (AvgIpc) is 3.24. The Bertz CT molecular complexity index is 873. The number of guanidine groups is 1. The van der Waals surface area contributed by atoms with Gasteiger partial charge in [-0.3, -0.25) is 9.56 Å². The van der Waals surface area contributed by atoms with E-state index in [0.29, 0.717) is 6.54 Å². The van der Waals surface area contributed by atoms with Gasteiger partial charge < -0.3 is 14.8 Å². The second kappa shape index (κ2) is 7.86. The number of hydrogen-bond donors (Lipinski definition) is 1. The third-order valence-corrected chi connectivity index (χ3v) is 4.36. The third-order valence-electron chi connectivity index (χ3n) is 4.36. The Morgan fingerprint density at radius 1 is 1.23 bits per heavy atom. The second-order valence-electron chi connectivity index (χ2n) is 6.24. The van der Waals surface area contributed by atoms with E-state index in [9.17, 15) is 0 Å². The van der Waals surface area contributed by atoms with Crippen LogP contribution in [0.5, 0.6) is 0 Å². The molecule has 0 aromatic carbocycles. The molecule has 3 aromatic rings. The molecular weight excluding hydrogens is 326 g/mol. The summed E-state index contributed by atoms with van der Waals surface area (Å²) in [6.45, 7) is 3.42. The van der Waals surface area contributed by atoms with Gasteiger partial charge in [-0.2, -0.15) is 0 Å². The van der Waals surface area contributed by atoms with Crippen molar-refractivity contribution in [3.05, 3.63) is 66.1 Å². The van der Waals surface area contributed by atoms with Crippen LogP contribution in [0, 0.1) is 6.92 Å². The smallest absolute Gasteiger partial charge is 0.194 e. The molecule has 0 saturated carbocycles. The van der Waals surface area contributed by atoms with Crippen LogP contribution < -0.4 is 5.32 Å². The lowest BCUT2D eigenvalue weighted by Gasteiger charge is -2.22. The van der Waals surface area contributed by atoms with E-state index in [1.54, 1.807) is 13.2 Å². The van der Waals surface area contributed by atoms with E-state index >= 15 is 0 Å². The molecular formula is C19H25N7. The van der Waals surface area contributed by atoms with E-state index in [4.69, 9.17) is 0 Å². The molecule has 0 saturated heterocycles. The zero-order valence-electron chi connectivity index (χ0n) is 15.7. The van der Waals surface area contributed by atoms with E-state index in [-0.39, 0.29) is 0 Å². The van der Waals surface area contributed by atoms with Gasteiger partial charge in [0.15, 0.2) is 5.96 Å². The van der Waals surface area contributed by atoms with Gasteiger partial charge in [-0.25, -0.2) is 9.97 Å². The Morgan fingerprint density at radius 3 is 2.65 bits per heavy atom. The summed E-state index contributed by atoms with van der Waals surface area (Å²) in [6, 6.07) is 8.24. The first-order valence-electron chi connectivity index (χ1n) is 8.55. The number of nitrogens with one attached hydrogen (secondary N) is 1. The van der Waals surface area contributed by atoms with Gasteiger partial charge in [0.25, 0.3) is 0 Å². The number of rotatable bonds is 5. The van der Waals surface area contributed by atoms with Gasteiger partial charge in [-0.05, 0) is 30.7 Å². The van der Waals surface area contributed by atoms with Crippen molar-refractivity contribution in [1.82, 2.24) is 29.3 Å². The summed E-state index contributed by atoms with van der Waals surface area (Å²) in [5, 5.41) is 3.39. The zero-order chi connectivity index (χ0) is 18.5. The van der Waals surface area contributed by atoms with E-state index in [0.717, 1.165) is 29.7 Å². The molecule has 0 aliphatic rings. The molecule has 136 valence electrons. The van der Waals surface area contributed by atoms with Crippen molar-refractivity contribution in [3.8, 4) is 5.82 Å². The molecule has 0 radical (unpaired) electrons.